The smallest absolute Gasteiger partial charge is 0.748 e. The summed E-state index contributed by atoms with van der Waals surface area (Å²) in [6, 6.07) is 0. The fourth-order valence-corrected chi connectivity index (χ4v) is 9.38. The molecule has 4 bridgehead atoms. The van der Waals surface area contributed by atoms with Crippen molar-refractivity contribution in [2.24, 2.45) is 33.5 Å². The van der Waals surface area contributed by atoms with Gasteiger partial charge in [0.15, 0.2) is 0 Å². The summed E-state index contributed by atoms with van der Waals surface area (Å²) >= 11 is 0. The van der Waals surface area contributed by atoms with E-state index < -0.39 is 42.6 Å². The molecule has 31 heavy (non-hydrogen) atoms. The van der Waals surface area contributed by atoms with Crippen LogP contribution in [0.2, 0.25) is 0 Å². The first-order valence-electron chi connectivity index (χ1n) is 10.3. The van der Waals surface area contributed by atoms with Gasteiger partial charge < -0.3 is 9.11 Å². The zero-order chi connectivity index (χ0) is 23.0. The summed E-state index contributed by atoms with van der Waals surface area (Å²) in [5.41, 5.74) is -2.44. The van der Waals surface area contributed by atoms with E-state index in [0.717, 1.165) is 12.8 Å². The Hall–Kier alpha value is 0.420. The second kappa shape index (κ2) is 8.27. The van der Waals surface area contributed by atoms with Crippen LogP contribution in [-0.2, 0) is 29.8 Å². The maximum atomic E-state index is 11.8. The molecule has 0 spiro atoms. The van der Waals surface area contributed by atoms with Gasteiger partial charge in [0.2, 0.25) is 0 Å². The minimum absolute atomic E-state index is 0. The fourth-order valence-electron chi connectivity index (χ4n) is 6.82. The first-order valence-corrected chi connectivity index (χ1v) is 13.5. The van der Waals surface area contributed by atoms with Gasteiger partial charge in [-0.25, -0.2) is 16.8 Å². The van der Waals surface area contributed by atoms with E-state index in [-0.39, 0.29) is 72.0 Å². The van der Waals surface area contributed by atoms with Gasteiger partial charge in [0.05, 0.1) is 31.7 Å². The zero-order valence-electron chi connectivity index (χ0n) is 18.6. The van der Waals surface area contributed by atoms with Crippen molar-refractivity contribution < 1.29 is 35.5 Å². The normalized spacial score (nSPS) is 37.4. The van der Waals surface area contributed by atoms with E-state index in [0.29, 0.717) is 25.7 Å². The zero-order valence-corrected chi connectivity index (χ0v) is 22.4. The van der Waals surface area contributed by atoms with Crippen LogP contribution in [0.3, 0.4) is 0 Å². The number of carbonyl (C=O) groups is 2. The molecule has 0 unspecified atom stereocenters. The van der Waals surface area contributed by atoms with E-state index >= 15 is 0 Å². The molecule has 4 saturated carbocycles. The second-order valence-corrected chi connectivity index (χ2v) is 13.5. The number of hydrogen-bond acceptors (Lipinski definition) is 8. The summed E-state index contributed by atoms with van der Waals surface area (Å²) in [6.45, 7) is 7.67. The van der Waals surface area contributed by atoms with E-state index in [2.05, 4.69) is 0 Å². The van der Waals surface area contributed by atoms with Crippen molar-refractivity contribution in [2.75, 3.05) is 11.5 Å². The van der Waals surface area contributed by atoms with Crippen LogP contribution in [0.5, 0.6) is 0 Å². The van der Waals surface area contributed by atoms with E-state index in [4.69, 9.17) is 0 Å². The van der Waals surface area contributed by atoms with Gasteiger partial charge in [-0.1, -0.05) is 27.7 Å². The molecular formula is C20H30CaO8S2. The molecule has 0 aromatic heterocycles. The average molecular weight is 503 g/mol. The molecule has 0 N–H and O–H groups in total. The van der Waals surface area contributed by atoms with Crippen LogP contribution in [0, 0.1) is 33.5 Å². The minimum atomic E-state index is -4.33. The SMILES string of the molecule is CC1(C)[C@H]2CC[C@]1(CS(=O)(=O)[O-])C(=O)C2.CC1(C)[C@H]2CC[C@]1(CS(=O)(=O)[O-])C(=O)C2.[Ca+2]. The van der Waals surface area contributed by atoms with Gasteiger partial charge in [-0.15, -0.1) is 0 Å². The number of hydrogen-bond donors (Lipinski definition) is 0. The third-order valence-corrected chi connectivity index (χ3v) is 10.8. The van der Waals surface area contributed by atoms with Gasteiger partial charge in [-0.05, 0) is 48.3 Å². The van der Waals surface area contributed by atoms with Gasteiger partial charge in [0.1, 0.15) is 11.6 Å². The van der Waals surface area contributed by atoms with E-state index in [1.807, 2.05) is 27.7 Å². The molecule has 0 aromatic rings. The van der Waals surface area contributed by atoms with Crippen molar-refractivity contribution in [3.63, 3.8) is 0 Å². The third kappa shape index (κ3) is 4.44. The molecule has 8 nitrogen and oxygen atoms in total. The molecule has 0 amide bonds. The number of fused-ring (bicyclic) bond motifs is 4. The Bertz CT molecular complexity index is 905. The van der Waals surface area contributed by atoms with E-state index in [1.54, 1.807) is 0 Å². The number of ketones is 2. The van der Waals surface area contributed by atoms with E-state index in [1.165, 1.54) is 0 Å². The van der Waals surface area contributed by atoms with Crippen LogP contribution in [0.1, 0.15) is 66.2 Å². The molecular weight excluding hydrogens is 472 g/mol. The van der Waals surface area contributed by atoms with Crippen LogP contribution < -0.4 is 0 Å². The predicted octanol–water partition coefficient (Wildman–Crippen LogP) is 1.47. The van der Waals surface area contributed by atoms with Crippen LogP contribution >= 0.6 is 0 Å². The Morgan fingerprint density at radius 1 is 0.742 bits per heavy atom. The molecule has 4 fully saturated rings. The molecule has 4 atom stereocenters. The maximum absolute atomic E-state index is 11.8. The van der Waals surface area contributed by atoms with Crippen LogP contribution in [0.25, 0.3) is 0 Å². The minimum Gasteiger partial charge on any atom is -0.748 e. The Kier molecular flexibility index (Phi) is 7.38. The maximum Gasteiger partial charge on any atom is 2.00 e. The topological polar surface area (TPSA) is 149 Å². The molecule has 11 heteroatoms. The quantitative estimate of drug-likeness (QED) is 0.414. The van der Waals surface area contributed by atoms with Crippen molar-refractivity contribution in [3.05, 3.63) is 0 Å². The molecule has 172 valence electrons. The third-order valence-electron chi connectivity index (χ3n) is 9.12. The van der Waals surface area contributed by atoms with Gasteiger partial charge in [0, 0.05) is 23.7 Å². The predicted molar refractivity (Wildman–Crippen MR) is 112 cm³/mol. The van der Waals surface area contributed by atoms with Crippen LogP contribution in [-0.4, -0.2) is 86.8 Å². The van der Waals surface area contributed by atoms with Gasteiger partial charge in [0.25, 0.3) is 0 Å². The fraction of sp³-hybridized carbons (Fsp3) is 0.900. The molecule has 0 saturated heterocycles. The average Bonchev–Trinajstić information content (AvgIpc) is 3.05. The molecule has 0 heterocycles. The molecule has 4 aliphatic rings. The standard InChI is InChI=1S/2C10H16O4S.Ca/c2*1-9(2)7-3-4-10(9,8(11)5-7)6-15(12,13)14;/h2*7H,3-6H2,1-2H3,(H,12,13,14);/q;;+2/p-2/t2*7-,10-;/m00./s1. The Morgan fingerprint density at radius 2 is 1.03 bits per heavy atom. The number of rotatable bonds is 4. The number of Topliss-reactive ketones (excluding diaryl/α,β-unsaturated/α-hetero) is 2. The molecule has 0 aliphatic heterocycles. The van der Waals surface area contributed by atoms with Gasteiger partial charge in [-0.3, -0.25) is 9.59 Å². The molecule has 4 rings (SSSR count). The van der Waals surface area contributed by atoms with E-state index in [9.17, 15) is 35.5 Å². The summed E-state index contributed by atoms with van der Waals surface area (Å²) < 4.78 is 65.4. The summed E-state index contributed by atoms with van der Waals surface area (Å²) in [7, 11) is -8.65. The van der Waals surface area contributed by atoms with Crippen molar-refractivity contribution in [2.45, 2.75) is 66.2 Å². The summed E-state index contributed by atoms with van der Waals surface area (Å²) in [5, 5.41) is 0. The molecule has 0 aromatic carbocycles. The second-order valence-electron chi connectivity index (χ2n) is 10.7. The Morgan fingerprint density at radius 3 is 1.19 bits per heavy atom. The first kappa shape index (κ1) is 27.7. The van der Waals surface area contributed by atoms with Crippen LogP contribution in [0.4, 0.5) is 0 Å². The summed E-state index contributed by atoms with van der Waals surface area (Å²) in [4.78, 5) is 23.7. The van der Waals surface area contributed by atoms with Gasteiger partial charge in [-0.2, -0.15) is 0 Å². The summed E-state index contributed by atoms with van der Waals surface area (Å²) in [6.07, 6.45) is 3.75. The van der Waals surface area contributed by atoms with Crippen LogP contribution in [0.15, 0.2) is 0 Å². The van der Waals surface area contributed by atoms with Crippen molar-refractivity contribution in [1.82, 2.24) is 0 Å². The molecule has 0 radical (unpaired) electrons. The Labute approximate surface area is 214 Å². The van der Waals surface area contributed by atoms with Crippen molar-refractivity contribution in [1.29, 1.82) is 0 Å². The first-order chi connectivity index (χ1) is 13.4. The number of carbonyl (C=O) groups excluding carboxylic acids is 2. The monoisotopic (exact) mass is 502 g/mol. The summed E-state index contributed by atoms with van der Waals surface area (Å²) in [5.74, 6) is -0.560. The molecule has 4 aliphatic carbocycles. The van der Waals surface area contributed by atoms with Gasteiger partial charge >= 0.3 is 37.7 Å². The van der Waals surface area contributed by atoms with Crippen molar-refractivity contribution >= 4 is 69.5 Å². The largest absolute Gasteiger partial charge is 2.00 e. The Balaban J connectivity index is 0.000000213. The van der Waals surface area contributed by atoms with Crippen molar-refractivity contribution in [3.8, 4) is 0 Å².